The maximum atomic E-state index is 12.5. The van der Waals surface area contributed by atoms with Crippen LogP contribution in [0.5, 0.6) is 0 Å². The molecule has 7 heteroatoms. The van der Waals surface area contributed by atoms with E-state index >= 15 is 0 Å². The van der Waals surface area contributed by atoms with Crippen molar-refractivity contribution in [3.63, 3.8) is 0 Å². The van der Waals surface area contributed by atoms with Crippen LogP contribution in [0, 0.1) is 0 Å². The number of nitrogens with one attached hydrogen (secondary N) is 1. The summed E-state index contributed by atoms with van der Waals surface area (Å²) in [6.45, 7) is 10.6. The molecule has 314 valence electrons. The van der Waals surface area contributed by atoms with E-state index in [1.807, 2.05) is 20.8 Å². The van der Waals surface area contributed by atoms with E-state index < -0.39 is 5.60 Å². The lowest BCUT2D eigenvalue weighted by molar-refractivity contribution is -0.155. The quantitative estimate of drug-likeness (QED) is 0.0379. The highest BCUT2D eigenvalue weighted by Crippen LogP contribution is 2.16. The highest BCUT2D eigenvalue weighted by Gasteiger charge is 2.18. The van der Waals surface area contributed by atoms with Crippen molar-refractivity contribution in [2.24, 2.45) is 0 Å². The van der Waals surface area contributed by atoms with Crippen molar-refractivity contribution in [2.45, 2.75) is 258 Å². The van der Waals surface area contributed by atoms with Gasteiger partial charge >= 0.3 is 17.9 Å². The number of carbonyl (C=O) groups excluding carboxylic acids is 3. The lowest BCUT2D eigenvalue weighted by Gasteiger charge is -2.21. The Bertz CT molecular complexity index is 775. The second-order valence-corrected chi connectivity index (χ2v) is 16.8. The average molecular weight is 752 g/mol. The number of hydrogen-bond donors (Lipinski definition) is 1. The van der Waals surface area contributed by atoms with Crippen molar-refractivity contribution >= 4 is 17.9 Å². The second kappa shape index (κ2) is 38.6. The van der Waals surface area contributed by atoms with Crippen LogP contribution in [-0.2, 0) is 28.6 Å². The molecule has 0 fully saturated rings. The predicted octanol–water partition coefficient (Wildman–Crippen LogP) is 13.3. The van der Waals surface area contributed by atoms with Gasteiger partial charge in [0, 0.05) is 19.4 Å². The molecule has 0 aromatic heterocycles. The first kappa shape index (κ1) is 51.4. The molecule has 0 unspecified atom stereocenters. The fraction of sp³-hybridized carbons (Fsp3) is 0.935. The second-order valence-electron chi connectivity index (χ2n) is 16.8. The number of unbranched alkanes of at least 4 members (excludes halogenated alkanes) is 28. The molecule has 53 heavy (non-hydrogen) atoms. The van der Waals surface area contributed by atoms with Gasteiger partial charge < -0.3 is 19.5 Å². The zero-order valence-corrected chi connectivity index (χ0v) is 36.0. The van der Waals surface area contributed by atoms with Gasteiger partial charge in [-0.05, 0) is 33.6 Å². The summed E-state index contributed by atoms with van der Waals surface area (Å²) in [5.41, 5.74) is -0.540. The van der Waals surface area contributed by atoms with E-state index in [4.69, 9.17) is 14.2 Å². The Balaban J connectivity index is 4.11. The third kappa shape index (κ3) is 41.4. The molecule has 0 aliphatic carbocycles. The Hall–Kier alpha value is -1.63. The topological polar surface area (TPSA) is 90.9 Å². The van der Waals surface area contributed by atoms with Gasteiger partial charge in [0.15, 0.2) is 0 Å². The van der Waals surface area contributed by atoms with E-state index in [2.05, 4.69) is 19.2 Å². The van der Waals surface area contributed by atoms with Gasteiger partial charge in [0.05, 0.1) is 12.5 Å². The lowest BCUT2D eigenvalue weighted by atomic mass is 10.0. The molecule has 0 aliphatic heterocycles. The molecule has 0 radical (unpaired) electrons. The molecule has 0 spiro atoms. The Morgan fingerprint density at radius 1 is 0.415 bits per heavy atom. The Kier molecular flexibility index (Phi) is 37.4. The van der Waals surface area contributed by atoms with E-state index in [1.165, 1.54) is 154 Å². The minimum Gasteiger partial charge on any atom is -0.464 e. The maximum Gasteiger partial charge on any atom is 0.307 e. The molecule has 0 aromatic carbocycles. The van der Waals surface area contributed by atoms with E-state index in [0.29, 0.717) is 19.4 Å². The first-order valence-electron chi connectivity index (χ1n) is 22.9. The van der Waals surface area contributed by atoms with Crippen LogP contribution in [-0.4, -0.2) is 49.3 Å². The summed E-state index contributed by atoms with van der Waals surface area (Å²) in [7, 11) is 0. The average Bonchev–Trinajstić information content (AvgIpc) is 3.11. The van der Waals surface area contributed by atoms with Crippen LogP contribution in [0.2, 0.25) is 0 Å². The van der Waals surface area contributed by atoms with Crippen molar-refractivity contribution < 1.29 is 28.6 Å². The van der Waals surface area contributed by atoms with Crippen LogP contribution in [0.1, 0.15) is 247 Å². The smallest absolute Gasteiger partial charge is 0.307 e. The monoisotopic (exact) mass is 752 g/mol. The molecule has 0 atom stereocenters. The number of ether oxygens (including phenoxy) is 3. The van der Waals surface area contributed by atoms with Gasteiger partial charge in [-0.3, -0.25) is 14.4 Å². The van der Waals surface area contributed by atoms with Gasteiger partial charge in [-0.1, -0.05) is 194 Å². The summed E-state index contributed by atoms with van der Waals surface area (Å²) >= 11 is 0. The van der Waals surface area contributed by atoms with Gasteiger partial charge in [0.2, 0.25) is 0 Å². The van der Waals surface area contributed by atoms with Crippen molar-refractivity contribution in [3.8, 4) is 0 Å². The number of rotatable bonds is 40. The summed E-state index contributed by atoms with van der Waals surface area (Å²) in [4.78, 5) is 37.2. The highest BCUT2D eigenvalue weighted by molar-refractivity contribution is 5.70. The summed E-state index contributed by atoms with van der Waals surface area (Å²) in [6, 6.07) is -0.368. The van der Waals surface area contributed by atoms with Crippen molar-refractivity contribution in [2.75, 3.05) is 19.8 Å². The van der Waals surface area contributed by atoms with Gasteiger partial charge in [-0.25, -0.2) is 0 Å². The summed E-state index contributed by atoms with van der Waals surface area (Å²) < 4.78 is 16.6. The third-order valence-corrected chi connectivity index (χ3v) is 10.0. The number of hydrogen-bond acceptors (Lipinski definition) is 7. The molecule has 1 N–H and O–H groups in total. The standard InChI is InChI=1S/C46H89NO6/c1-6-8-10-12-14-16-18-20-22-24-26-28-30-32-34-36-43(48)51-40-42(47-39-38-45(50)53-46(3,4)5)41-52-44(49)37-35-33-31-29-27-25-23-21-19-17-15-13-11-9-7-2/h42,47H,6-41H2,1-5H3. The van der Waals surface area contributed by atoms with Crippen LogP contribution in [0.3, 0.4) is 0 Å². The zero-order valence-electron chi connectivity index (χ0n) is 36.0. The van der Waals surface area contributed by atoms with Crippen LogP contribution in [0.15, 0.2) is 0 Å². The Morgan fingerprint density at radius 3 is 0.981 bits per heavy atom. The minimum absolute atomic E-state index is 0.109. The van der Waals surface area contributed by atoms with Crippen molar-refractivity contribution in [1.29, 1.82) is 0 Å². The fourth-order valence-corrected chi connectivity index (χ4v) is 6.75. The molecule has 0 saturated carbocycles. The van der Waals surface area contributed by atoms with E-state index in [-0.39, 0.29) is 43.6 Å². The molecule has 0 aliphatic rings. The predicted molar refractivity (Wildman–Crippen MR) is 223 cm³/mol. The van der Waals surface area contributed by atoms with Gasteiger partial charge in [-0.15, -0.1) is 0 Å². The van der Waals surface area contributed by atoms with Crippen molar-refractivity contribution in [3.05, 3.63) is 0 Å². The molecule has 0 rings (SSSR count). The van der Waals surface area contributed by atoms with Gasteiger partial charge in [0.25, 0.3) is 0 Å². The molecule has 0 amide bonds. The molecule has 0 saturated heterocycles. The Labute approximate surface area is 329 Å². The van der Waals surface area contributed by atoms with Crippen LogP contribution in [0.25, 0.3) is 0 Å². The lowest BCUT2D eigenvalue weighted by Crippen LogP contribution is -2.40. The first-order valence-corrected chi connectivity index (χ1v) is 22.9. The van der Waals surface area contributed by atoms with E-state index in [0.717, 1.165) is 38.5 Å². The number of esters is 3. The Morgan fingerprint density at radius 2 is 0.698 bits per heavy atom. The molecular formula is C46H89NO6. The summed E-state index contributed by atoms with van der Waals surface area (Å²) in [5.74, 6) is -0.732. The molecule has 0 bridgehead atoms. The third-order valence-electron chi connectivity index (χ3n) is 10.0. The largest absolute Gasteiger partial charge is 0.464 e. The van der Waals surface area contributed by atoms with E-state index in [1.54, 1.807) is 0 Å². The fourth-order valence-electron chi connectivity index (χ4n) is 6.75. The molecule has 0 heterocycles. The summed E-state index contributed by atoms with van der Waals surface area (Å²) in [6.07, 6.45) is 39.6. The van der Waals surface area contributed by atoms with Crippen LogP contribution >= 0.6 is 0 Å². The normalized spacial score (nSPS) is 11.7. The highest BCUT2D eigenvalue weighted by atomic mass is 16.6. The maximum absolute atomic E-state index is 12.5. The van der Waals surface area contributed by atoms with Crippen LogP contribution < -0.4 is 5.32 Å². The van der Waals surface area contributed by atoms with E-state index in [9.17, 15) is 14.4 Å². The summed E-state index contributed by atoms with van der Waals surface area (Å²) in [5, 5.41) is 3.24. The molecular weight excluding hydrogens is 663 g/mol. The zero-order chi connectivity index (χ0) is 39.1. The molecule has 7 nitrogen and oxygen atoms in total. The SMILES string of the molecule is CCCCCCCCCCCCCCCCCC(=O)OCC(COC(=O)CCCCCCCCCCCCCCCCC)NCCC(=O)OC(C)(C)C. The van der Waals surface area contributed by atoms with Crippen molar-refractivity contribution in [1.82, 2.24) is 5.32 Å². The van der Waals surface area contributed by atoms with Crippen LogP contribution in [0.4, 0.5) is 0 Å². The minimum atomic E-state index is -0.540. The first-order chi connectivity index (χ1) is 25.7. The molecule has 0 aromatic rings. The number of carbonyl (C=O) groups is 3. The van der Waals surface area contributed by atoms with Gasteiger partial charge in [0.1, 0.15) is 18.8 Å². The van der Waals surface area contributed by atoms with Gasteiger partial charge in [-0.2, -0.15) is 0 Å².